The van der Waals surface area contributed by atoms with E-state index >= 15 is 0 Å². The lowest BCUT2D eigenvalue weighted by molar-refractivity contribution is -0.117. The highest BCUT2D eigenvalue weighted by atomic mass is 127. The molecule has 1 aromatic carbocycles. The maximum Gasteiger partial charge on any atom is 0.248 e. The van der Waals surface area contributed by atoms with E-state index in [4.69, 9.17) is 0 Å². The Morgan fingerprint density at radius 1 is 1.39 bits per heavy atom. The molecular formula is C20H28IN5OS. The summed E-state index contributed by atoms with van der Waals surface area (Å²) in [6.45, 7) is 6.34. The summed E-state index contributed by atoms with van der Waals surface area (Å²) in [5.41, 5.74) is 3.28. The van der Waals surface area contributed by atoms with E-state index < -0.39 is 0 Å². The summed E-state index contributed by atoms with van der Waals surface area (Å²) in [6.07, 6.45) is 2.03. The van der Waals surface area contributed by atoms with E-state index in [1.54, 1.807) is 11.3 Å². The molecule has 6 nitrogen and oxygen atoms in total. The Morgan fingerprint density at radius 2 is 2.18 bits per heavy atom. The van der Waals surface area contributed by atoms with Gasteiger partial charge in [0.25, 0.3) is 0 Å². The maximum atomic E-state index is 12.8. The molecule has 28 heavy (non-hydrogen) atoms. The number of anilines is 1. The Kier molecular flexibility index (Phi) is 8.68. The van der Waals surface area contributed by atoms with Crippen molar-refractivity contribution in [3.8, 4) is 0 Å². The summed E-state index contributed by atoms with van der Waals surface area (Å²) in [6, 6.07) is 8.15. The molecule has 0 unspecified atom stereocenters. The number of carbonyl (C=O) groups is 1. The van der Waals surface area contributed by atoms with Crippen LogP contribution in [-0.4, -0.2) is 48.4 Å². The third-order valence-electron chi connectivity index (χ3n) is 4.54. The van der Waals surface area contributed by atoms with Crippen molar-refractivity contribution >= 4 is 52.9 Å². The summed E-state index contributed by atoms with van der Waals surface area (Å²) in [4.78, 5) is 25.8. The van der Waals surface area contributed by atoms with Crippen molar-refractivity contribution in [3.63, 3.8) is 0 Å². The SMILES string of the molecule is CCNC(=NCC(=O)N1CCCc2ccccc21)N(C)Cc1csc(C)n1.I. The van der Waals surface area contributed by atoms with Crippen LogP contribution in [0.2, 0.25) is 0 Å². The van der Waals surface area contributed by atoms with Crippen LogP contribution in [0.4, 0.5) is 5.69 Å². The fourth-order valence-corrected chi connectivity index (χ4v) is 3.89. The number of nitrogens with zero attached hydrogens (tertiary/aromatic N) is 4. The molecule has 152 valence electrons. The van der Waals surface area contributed by atoms with Crippen molar-refractivity contribution in [2.45, 2.75) is 33.2 Å². The molecule has 0 saturated heterocycles. The van der Waals surface area contributed by atoms with Gasteiger partial charge in [0, 0.05) is 31.2 Å². The third kappa shape index (κ3) is 5.66. The van der Waals surface area contributed by atoms with Gasteiger partial charge < -0.3 is 15.1 Å². The molecule has 1 aromatic heterocycles. The number of rotatable bonds is 5. The minimum absolute atomic E-state index is 0. The number of benzene rings is 1. The molecule has 0 fully saturated rings. The number of fused-ring (bicyclic) bond motifs is 1. The van der Waals surface area contributed by atoms with Gasteiger partial charge in [0.05, 0.1) is 17.2 Å². The number of hydrogen-bond acceptors (Lipinski definition) is 4. The van der Waals surface area contributed by atoms with Crippen molar-refractivity contribution in [3.05, 3.63) is 45.9 Å². The summed E-state index contributed by atoms with van der Waals surface area (Å²) in [5, 5.41) is 6.38. The molecule has 0 bridgehead atoms. The highest BCUT2D eigenvalue weighted by Gasteiger charge is 2.22. The number of aryl methyl sites for hydroxylation is 2. The van der Waals surface area contributed by atoms with Crippen molar-refractivity contribution in [1.82, 2.24) is 15.2 Å². The first-order valence-corrected chi connectivity index (χ1v) is 10.2. The number of nitrogens with one attached hydrogen (secondary N) is 1. The van der Waals surface area contributed by atoms with E-state index in [-0.39, 0.29) is 36.4 Å². The molecule has 0 aliphatic carbocycles. The van der Waals surface area contributed by atoms with Crippen molar-refractivity contribution in [2.75, 3.05) is 31.6 Å². The van der Waals surface area contributed by atoms with Crippen LogP contribution < -0.4 is 10.2 Å². The Morgan fingerprint density at radius 3 is 2.89 bits per heavy atom. The Hall–Kier alpha value is -1.68. The zero-order valence-corrected chi connectivity index (χ0v) is 19.8. The fraction of sp³-hybridized carbons (Fsp3) is 0.450. The normalized spacial score (nSPS) is 13.5. The fourth-order valence-electron chi connectivity index (χ4n) is 3.29. The highest BCUT2D eigenvalue weighted by molar-refractivity contribution is 14.0. The van der Waals surface area contributed by atoms with E-state index in [2.05, 4.69) is 26.7 Å². The van der Waals surface area contributed by atoms with Crippen LogP contribution in [0.15, 0.2) is 34.6 Å². The average molecular weight is 513 g/mol. The molecule has 8 heteroatoms. The first-order valence-electron chi connectivity index (χ1n) is 9.37. The minimum Gasteiger partial charge on any atom is -0.357 e. The predicted octanol–water partition coefficient (Wildman–Crippen LogP) is 3.45. The number of carbonyl (C=O) groups excluding carboxylic acids is 1. The van der Waals surface area contributed by atoms with Gasteiger partial charge in [-0.3, -0.25) is 4.79 Å². The number of guanidine groups is 1. The van der Waals surface area contributed by atoms with Gasteiger partial charge in [-0.2, -0.15) is 0 Å². The lowest BCUT2D eigenvalue weighted by Crippen LogP contribution is -2.41. The van der Waals surface area contributed by atoms with Gasteiger partial charge in [-0.05, 0) is 38.3 Å². The number of amides is 1. The predicted molar refractivity (Wildman–Crippen MR) is 127 cm³/mol. The van der Waals surface area contributed by atoms with E-state index in [9.17, 15) is 4.79 Å². The molecule has 2 aromatic rings. The average Bonchev–Trinajstić information content (AvgIpc) is 3.08. The molecular weight excluding hydrogens is 485 g/mol. The molecule has 2 heterocycles. The summed E-state index contributed by atoms with van der Waals surface area (Å²) in [7, 11) is 1.97. The zero-order chi connectivity index (χ0) is 19.2. The van der Waals surface area contributed by atoms with Gasteiger partial charge in [-0.1, -0.05) is 18.2 Å². The molecule has 1 amide bonds. The number of halogens is 1. The van der Waals surface area contributed by atoms with Crippen LogP contribution in [0, 0.1) is 6.92 Å². The van der Waals surface area contributed by atoms with Crippen LogP contribution in [0.1, 0.15) is 29.6 Å². The molecule has 1 N–H and O–H groups in total. The van der Waals surface area contributed by atoms with Gasteiger partial charge in [0.2, 0.25) is 5.91 Å². The Balaban J connectivity index is 0.00000280. The summed E-state index contributed by atoms with van der Waals surface area (Å²) < 4.78 is 0. The zero-order valence-electron chi connectivity index (χ0n) is 16.6. The second-order valence-corrected chi connectivity index (χ2v) is 7.72. The third-order valence-corrected chi connectivity index (χ3v) is 5.36. The van der Waals surface area contributed by atoms with Gasteiger partial charge in [-0.25, -0.2) is 9.98 Å². The molecule has 1 aliphatic heterocycles. The van der Waals surface area contributed by atoms with Crippen LogP contribution in [-0.2, 0) is 17.8 Å². The van der Waals surface area contributed by atoms with E-state index in [1.165, 1.54) is 5.56 Å². The number of para-hydroxylation sites is 1. The standard InChI is InChI=1S/C20H27N5OS.HI/c1-4-21-20(24(3)13-17-14-27-15(2)23-17)22-12-19(26)25-11-7-9-16-8-5-6-10-18(16)25;/h5-6,8,10,14H,4,7,9,11-13H2,1-3H3,(H,21,22);1H. The minimum atomic E-state index is 0. The molecule has 3 rings (SSSR count). The summed E-state index contributed by atoms with van der Waals surface area (Å²) >= 11 is 1.64. The van der Waals surface area contributed by atoms with Gasteiger partial charge in [0.1, 0.15) is 6.54 Å². The van der Waals surface area contributed by atoms with Crippen molar-refractivity contribution in [2.24, 2.45) is 4.99 Å². The molecule has 0 spiro atoms. The number of thiazole rings is 1. The largest absolute Gasteiger partial charge is 0.357 e. The molecule has 1 aliphatic rings. The highest BCUT2D eigenvalue weighted by Crippen LogP contribution is 2.26. The lowest BCUT2D eigenvalue weighted by atomic mass is 10.0. The van der Waals surface area contributed by atoms with Gasteiger partial charge >= 0.3 is 0 Å². The van der Waals surface area contributed by atoms with Gasteiger partial charge in [-0.15, -0.1) is 35.3 Å². The van der Waals surface area contributed by atoms with E-state index in [0.29, 0.717) is 6.54 Å². The van der Waals surface area contributed by atoms with E-state index in [0.717, 1.165) is 48.3 Å². The number of aliphatic imine (C=N–C) groups is 1. The second kappa shape index (κ2) is 10.8. The molecule has 0 radical (unpaired) electrons. The summed E-state index contributed by atoms with van der Waals surface area (Å²) in [5.74, 6) is 0.761. The molecule has 0 saturated carbocycles. The second-order valence-electron chi connectivity index (χ2n) is 6.66. The monoisotopic (exact) mass is 513 g/mol. The van der Waals surface area contributed by atoms with Crippen LogP contribution >= 0.6 is 35.3 Å². The van der Waals surface area contributed by atoms with Crippen LogP contribution in [0.5, 0.6) is 0 Å². The number of aromatic nitrogens is 1. The van der Waals surface area contributed by atoms with Crippen molar-refractivity contribution in [1.29, 1.82) is 0 Å². The quantitative estimate of drug-likeness (QED) is 0.378. The smallest absolute Gasteiger partial charge is 0.248 e. The number of hydrogen-bond donors (Lipinski definition) is 1. The van der Waals surface area contributed by atoms with Crippen molar-refractivity contribution < 1.29 is 4.79 Å². The van der Waals surface area contributed by atoms with Crippen LogP contribution in [0.25, 0.3) is 0 Å². The Labute approximate surface area is 188 Å². The maximum absolute atomic E-state index is 12.8. The first kappa shape index (κ1) is 22.6. The lowest BCUT2D eigenvalue weighted by Gasteiger charge is -2.29. The topological polar surface area (TPSA) is 60.8 Å². The first-order chi connectivity index (χ1) is 13.1. The van der Waals surface area contributed by atoms with Crippen LogP contribution in [0.3, 0.4) is 0 Å². The Bertz CT molecular complexity index is 822. The van der Waals surface area contributed by atoms with Gasteiger partial charge in [0.15, 0.2) is 5.96 Å². The van der Waals surface area contributed by atoms with E-state index in [1.807, 2.05) is 48.9 Å². The molecule has 0 atom stereocenters.